The summed E-state index contributed by atoms with van der Waals surface area (Å²) in [4.78, 5) is 0.377. The van der Waals surface area contributed by atoms with Crippen molar-refractivity contribution in [3.8, 4) is 0 Å². The Balaban J connectivity index is 2.40. The number of sulfone groups is 1. The topological polar surface area (TPSA) is 60.2 Å². The van der Waals surface area contributed by atoms with Crippen molar-refractivity contribution in [1.82, 2.24) is 0 Å². The minimum Gasteiger partial charge on any atom is -0.399 e. The van der Waals surface area contributed by atoms with Crippen LogP contribution in [-0.4, -0.2) is 8.42 Å². The molecular formula is C15H16BrNO2S. The predicted octanol–water partition coefficient (Wildman–Crippen LogP) is 3.62. The quantitative estimate of drug-likeness (QED) is 0.857. The molecular weight excluding hydrogens is 338 g/mol. The zero-order valence-corrected chi connectivity index (χ0v) is 13.8. The molecule has 2 aromatic carbocycles. The average Bonchev–Trinajstić information content (AvgIpc) is 2.25. The van der Waals surface area contributed by atoms with E-state index in [1.54, 1.807) is 24.3 Å². The Morgan fingerprint density at radius 2 is 1.80 bits per heavy atom. The third-order valence-corrected chi connectivity index (χ3v) is 5.30. The summed E-state index contributed by atoms with van der Waals surface area (Å²) in [5, 5.41) is 0. The van der Waals surface area contributed by atoms with Crippen LogP contribution in [0.15, 0.2) is 45.8 Å². The highest BCUT2D eigenvalue weighted by atomic mass is 79.9. The van der Waals surface area contributed by atoms with Crippen molar-refractivity contribution in [2.45, 2.75) is 24.5 Å². The fourth-order valence-corrected chi connectivity index (χ4v) is 4.35. The van der Waals surface area contributed by atoms with Crippen LogP contribution >= 0.6 is 15.9 Å². The maximum atomic E-state index is 12.5. The molecule has 0 aliphatic heterocycles. The van der Waals surface area contributed by atoms with Crippen LogP contribution in [0.2, 0.25) is 0 Å². The van der Waals surface area contributed by atoms with Gasteiger partial charge in [0.2, 0.25) is 0 Å². The first-order valence-corrected chi connectivity index (χ1v) is 8.57. The van der Waals surface area contributed by atoms with Gasteiger partial charge < -0.3 is 5.73 Å². The van der Waals surface area contributed by atoms with E-state index in [1.165, 1.54) is 0 Å². The van der Waals surface area contributed by atoms with E-state index in [1.807, 2.05) is 26.0 Å². The van der Waals surface area contributed by atoms with E-state index in [4.69, 9.17) is 5.73 Å². The summed E-state index contributed by atoms with van der Waals surface area (Å²) in [7, 11) is -3.37. The highest BCUT2D eigenvalue weighted by Gasteiger charge is 2.18. The lowest BCUT2D eigenvalue weighted by atomic mass is 10.2. The fraction of sp³-hybridized carbons (Fsp3) is 0.200. The van der Waals surface area contributed by atoms with Gasteiger partial charge in [-0.05, 0) is 49.2 Å². The van der Waals surface area contributed by atoms with Crippen molar-refractivity contribution < 1.29 is 8.42 Å². The largest absolute Gasteiger partial charge is 0.399 e. The number of hydrogen-bond donors (Lipinski definition) is 1. The van der Waals surface area contributed by atoms with Crippen LogP contribution in [0.3, 0.4) is 0 Å². The molecule has 2 rings (SSSR count). The van der Waals surface area contributed by atoms with Gasteiger partial charge in [0, 0.05) is 10.2 Å². The minimum atomic E-state index is -3.37. The number of nitrogens with two attached hydrogens (primary N) is 1. The molecule has 0 saturated carbocycles. The molecule has 0 saturated heterocycles. The number of rotatable bonds is 3. The second-order valence-electron chi connectivity index (χ2n) is 4.92. The third kappa shape index (κ3) is 3.41. The second kappa shape index (κ2) is 5.58. The van der Waals surface area contributed by atoms with E-state index in [-0.39, 0.29) is 5.75 Å². The Labute approximate surface area is 127 Å². The van der Waals surface area contributed by atoms with E-state index in [0.717, 1.165) is 15.6 Å². The number of anilines is 1. The molecule has 0 radical (unpaired) electrons. The monoisotopic (exact) mass is 353 g/mol. The number of aryl methyl sites for hydroxylation is 2. The second-order valence-corrected chi connectivity index (χ2v) is 7.79. The van der Waals surface area contributed by atoms with Crippen LogP contribution in [0.4, 0.5) is 5.69 Å². The highest BCUT2D eigenvalue weighted by molar-refractivity contribution is 9.10. The smallest absolute Gasteiger partial charge is 0.182 e. The maximum Gasteiger partial charge on any atom is 0.182 e. The molecule has 0 bridgehead atoms. The maximum absolute atomic E-state index is 12.5. The van der Waals surface area contributed by atoms with Crippen LogP contribution in [0.1, 0.15) is 16.7 Å². The summed E-state index contributed by atoms with van der Waals surface area (Å²) < 4.78 is 25.8. The van der Waals surface area contributed by atoms with Gasteiger partial charge >= 0.3 is 0 Å². The zero-order valence-electron chi connectivity index (χ0n) is 11.4. The molecule has 0 atom stereocenters. The van der Waals surface area contributed by atoms with Crippen molar-refractivity contribution >= 4 is 31.5 Å². The van der Waals surface area contributed by atoms with Crippen molar-refractivity contribution in [3.63, 3.8) is 0 Å². The summed E-state index contributed by atoms with van der Waals surface area (Å²) in [5.74, 6) is -0.0550. The van der Waals surface area contributed by atoms with E-state index >= 15 is 0 Å². The summed E-state index contributed by atoms with van der Waals surface area (Å²) in [6.07, 6.45) is 0. The Bertz CT molecular complexity index is 734. The summed E-state index contributed by atoms with van der Waals surface area (Å²) in [6, 6.07) is 10.6. The van der Waals surface area contributed by atoms with Gasteiger partial charge in [-0.15, -0.1) is 0 Å². The Kier molecular flexibility index (Phi) is 4.20. The van der Waals surface area contributed by atoms with Crippen molar-refractivity contribution in [3.05, 3.63) is 57.6 Å². The molecule has 0 fully saturated rings. The van der Waals surface area contributed by atoms with Crippen molar-refractivity contribution in [1.29, 1.82) is 0 Å². The number of nitrogen functional groups attached to an aromatic ring is 1. The summed E-state index contributed by atoms with van der Waals surface area (Å²) in [5.41, 5.74) is 8.79. The van der Waals surface area contributed by atoms with Gasteiger partial charge in [0.1, 0.15) is 0 Å². The van der Waals surface area contributed by atoms with Gasteiger partial charge in [-0.2, -0.15) is 0 Å². The number of benzene rings is 2. The Morgan fingerprint density at radius 1 is 1.10 bits per heavy atom. The van der Waals surface area contributed by atoms with E-state index in [0.29, 0.717) is 16.1 Å². The van der Waals surface area contributed by atoms with Gasteiger partial charge in [0.15, 0.2) is 9.84 Å². The van der Waals surface area contributed by atoms with Gasteiger partial charge in [0.05, 0.1) is 10.6 Å². The summed E-state index contributed by atoms with van der Waals surface area (Å²) in [6.45, 7) is 3.76. The van der Waals surface area contributed by atoms with Gasteiger partial charge in [-0.1, -0.05) is 33.6 Å². The SMILES string of the molecule is Cc1ccc(S(=O)(=O)Cc2cc(N)cc(Br)c2)c(C)c1. The first-order chi connectivity index (χ1) is 9.28. The molecule has 5 heteroatoms. The molecule has 20 heavy (non-hydrogen) atoms. The zero-order chi connectivity index (χ0) is 14.9. The van der Waals surface area contributed by atoms with Crippen LogP contribution in [0, 0.1) is 13.8 Å². The molecule has 106 valence electrons. The number of halogens is 1. The van der Waals surface area contributed by atoms with Crippen LogP contribution in [-0.2, 0) is 15.6 Å². The molecule has 0 aliphatic rings. The Morgan fingerprint density at radius 3 is 2.40 bits per heavy atom. The lowest BCUT2D eigenvalue weighted by molar-refractivity contribution is 0.594. The van der Waals surface area contributed by atoms with Crippen LogP contribution < -0.4 is 5.73 Å². The van der Waals surface area contributed by atoms with E-state index < -0.39 is 9.84 Å². The predicted molar refractivity (Wildman–Crippen MR) is 85.4 cm³/mol. The average molecular weight is 354 g/mol. The highest BCUT2D eigenvalue weighted by Crippen LogP contribution is 2.24. The van der Waals surface area contributed by atoms with E-state index in [2.05, 4.69) is 15.9 Å². The standard InChI is InChI=1S/C15H16BrNO2S/c1-10-3-4-15(11(2)5-10)20(18,19)9-12-6-13(16)8-14(17)7-12/h3-8H,9,17H2,1-2H3. The summed E-state index contributed by atoms with van der Waals surface area (Å²) >= 11 is 3.33. The minimum absolute atomic E-state index is 0.0550. The molecule has 2 aromatic rings. The molecule has 0 spiro atoms. The Hall–Kier alpha value is -1.33. The van der Waals surface area contributed by atoms with Crippen LogP contribution in [0.5, 0.6) is 0 Å². The normalized spacial score (nSPS) is 11.6. The lowest BCUT2D eigenvalue weighted by Gasteiger charge is -2.09. The van der Waals surface area contributed by atoms with Gasteiger partial charge in [-0.25, -0.2) is 8.42 Å². The lowest BCUT2D eigenvalue weighted by Crippen LogP contribution is -2.07. The van der Waals surface area contributed by atoms with Crippen molar-refractivity contribution in [2.75, 3.05) is 5.73 Å². The van der Waals surface area contributed by atoms with Gasteiger partial charge in [-0.3, -0.25) is 0 Å². The van der Waals surface area contributed by atoms with E-state index in [9.17, 15) is 8.42 Å². The number of hydrogen-bond acceptors (Lipinski definition) is 3. The molecule has 0 heterocycles. The first kappa shape index (κ1) is 15.1. The van der Waals surface area contributed by atoms with Crippen LogP contribution in [0.25, 0.3) is 0 Å². The third-order valence-electron chi connectivity index (χ3n) is 3.00. The fourth-order valence-electron chi connectivity index (χ4n) is 2.20. The molecule has 2 N–H and O–H groups in total. The van der Waals surface area contributed by atoms with Crippen molar-refractivity contribution in [2.24, 2.45) is 0 Å². The first-order valence-electron chi connectivity index (χ1n) is 6.13. The van der Waals surface area contributed by atoms with Gasteiger partial charge in [0.25, 0.3) is 0 Å². The molecule has 0 aromatic heterocycles. The molecule has 0 aliphatic carbocycles. The molecule has 0 amide bonds. The molecule has 0 unspecified atom stereocenters. The molecule has 3 nitrogen and oxygen atoms in total.